The second kappa shape index (κ2) is 9.83. The van der Waals surface area contributed by atoms with Crippen LogP contribution >= 0.6 is 0 Å². The zero-order valence-corrected chi connectivity index (χ0v) is 18.7. The lowest BCUT2D eigenvalue weighted by Crippen LogP contribution is -2.07. The van der Waals surface area contributed by atoms with Gasteiger partial charge in [0.25, 0.3) is 0 Å². The lowest BCUT2D eigenvalue weighted by Gasteiger charge is -2.07. The van der Waals surface area contributed by atoms with E-state index < -0.39 is 17.6 Å². The maximum absolute atomic E-state index is 13.8. The molecular weight excluding hydrogens is 424 g/mol. The van der Waals surface area contributed by atoms with Crippen LogP contribution in [0.2, 0.25) is 0 Å². The molecule has 0 saturated carbocycles. The molecule has 0 heterocycles. The van der Waals surface area contributed by atoms with Gasteiger partial charge < -0.3 is 0 Å². The first-order valence-electron chi connectivity index (χ1n) is 11.5. The van der Waals surface area contributed by atoms with E-state index >= 15 is 0 Å². The first-order valence-corrected chi connectivity index (χ1v) is 11.5. The van der Waals surface area contributed by atoms with Gasteiger partial charge >= 0.3 is 6.18 Å². The van der Waals surface area contributed by atoms with Crippen molar-refractivity contribution in [2.45, 2.75) is 58.0 Å². The van der Waals surface area contributed by atoms with E-state index in [4.69, 9.17) is 0 Å². The van der Waals surface area contributed by atoms with Gasteiger partial charge in [-0.3, -0.25) is 0 Å². The zero-order valence-electron chi connectivity index (χ0n) is 18.7. The van der Waals surface area contributed by atoms with Gasteiger partial charge in [-0.2, -0.15) is 13.2 Å². The predicted molar refractivity (Wildman–Crippen MR) is 125 cm³/mol. The normalized spacial score (nSPS) is 12.2. The summed E-state index contributed by atoms with van der Waals surface area (Å²) in [5, 5.41) is 0. The topological polar surface area (TPSA) is 0 Å². The Morgan fingerprint density at radius 3 is 2.09 bits per heavy atom. The highest BCUT2D eigenvalue weighted by Gasteiger charge is 2.33. The van der Waals surface area contributed by atoms with Crippen LogP contribution in [0.4, 0.5) is 17.6 Å². The highest BCUT2D eigenvalue weighted by atomic mass is 19.4. The molecule has 0 amide bonds. The molecule has 0 unspecified atom stereocenters. The highest BCUT2D eigenvalue weighted by molar-refractivity contribution is 5.77. The summed E-state index contributed by atoms with van der Waals surface area (Å²) < 4.78 is 52.0. The van der Waals surface area contributed by atoms with Crippen molar-refractivity contribution in [1.29, 1.82) is 0 Å². The molecule has 0 atom stereocenters. The van der Waals surface area contributed by atoms with E-state index in [9.17, 15) is 17.6 Å². The van der Waals surface area contributed by atoms with Gasteiger partial charge in [0, 0.05) is 11.1 Å². The summed E-state index contributed by atoms with van der Waals surface area (Å²) in [5.74, 6) is 4.44. The van der Waals surface area contributed by atoms with E-state index in [2.05, 4.69) is 37.0 Å². The molecule has 0 radical (unpaired) electrons. The number of rotatable bonds is 6. The van der Waals surface area contributed by atoms with E-state index in [-0.39, 0.29) is 5.56 Å². The molecule has 0 aliphatic heterocycles. The fourth-order valence-electron chi connectivity index (χ4n) is 4.40. The maximum Gasteiger partial charge on any atom is 0.419 e. The van der Waals surface area contributed by atoms with Crippen molar-refractivity contribution in [3.8, 4) is 23.0 Å². The van der Waals surface area contributed by atoms with Gasteiger partial charge in [0.1, 0.15) is 5.82 Å². The summed E-state index contributed by atoms with van der Waals surface area (Å²) in [6.45, 7) is 2.23. The summed E-state index contributed by atoms with van der Waals surface area (Å²) >= 11 is 0. The van der Waals surface area contributed by atoms with Crippen molar-refractivity contribution < 1.29 is 17.6 Å². The van der Waals surface area contributed by atoms with Gasteiger partial charge in [0.15, 0.2) is 0 Å². The molecule has 33 heavy (non-hydrogen) atoms. The van der Waals surface area contributed by atoms with Crippen molar-refractivity contribution in [3.63, 3.8) is 0 Å². The van der Waals surface area contributed by atoms with Crippen molar-refractivity contribution in [2.24, 2.45) is 0 Å². The quantitative estimate of drug-likeness (QED) is 0.157. The van der Waals surface area contributed by atoms with Gasteiger partial charge in [-0.25, -0.2) is 4.39 Å². The largest absolute Gasteiger partial charge is 0.419 e. The van der Waals surface area contributed by atoms with Crippen molar-refractivity contribution in [1.82, 2.24) is 0 Å². The number of benzene rings is 3. The summed E-state index contributed by atoms with van der Waals surface area (Å²) in [4.78, 5) is 0. The average Bonchev–Trinajstić information content (AvgIpc) is 3.13. The number of hydrogen-bond donors (Lipinski definition) is 0. The second-order valence-electron chi connectivity index (χ2n) is 8.65. The molecule has 0 fully saturated rings. The maximum atomic E-state index is 13.8. The van der Waals surface area contributed by atoms with Crippen LogP contribution in [0, 0.1) is 17.7 Å². The van der Waals surface area contributed by atoms with Crippen molar-refractivity contribution in [3.05, 3.63) is 93.8 Å². The number of hydrogen-bond acceptors (Lipinski definition) is 0. The molecule has 4 rings (SSSR count). The van der Waals surface area contributed by atoms with Crippen LogP contribution in [0.25, 0.3) is 11.1 Å². The minimum Gasteiger partial charge on any atom is -0.206 e. The van der Waals surface area contributed by atoms with Crippen molar-refractivity contribution >= 4 is 0 Å². The molecule has 0 nitrogen and oxygen atoms in total. The molecule has 0 bridgehead atoms. The molecule has 170 valence electrons. The number of fused-ring (bicyclic) bond motifs is 3. The Labute approximate surface area is 192 Å². The standard InChI is InChI=1S/C29H26F4/c1-2-3-4-5-6-7-20-10-13-25-23(16-20)19-24-17-21(11-14-26(24)25)8-9-22-12-15-27(28(30)18-22)29(31,32)33/h10-18H,2-7,19H2,1H3. The number of aryl methyl sites for hydroxylation is 1. The van der Waals surface area contributed by atoms with Crippen LogP contribution in [-0.2, 0) is 19.0 Å². The fourth-order valence-corrected chi connectivity index (χ4v) is 4.40. The summed E-state index contributed by atoms with van der Waals surface area (Å²) in [6.07, 6.45) is 3.59. The van der Waals surface area contributed by atoms with Gasteiger partial charge in [0.2, 0.25) is 0 Å². The molecule has 3 aromatic carbocycles. The fraction of sp³-hybridized carbons (Fsp3) is 0.310. The smallest absolute Gasteiger partial charge is 0.206 e. The van der Waals surface area contributed by atoms with Crippen LogP contribution in [0.15, 0.2) is 54.6 Å². The third kappa shape index (κ3) is 5.47. The molecular formula is C29H26F4. The Bertz CT molecular complexity index is 1210. The van der Waals surface area contributed by atoms with E-state index in [1.807, 2.05) is 18.2 Å². The molecule has 4 heteroatoms. The van der Waals surface area contributed by atoms with Crippen LogP contribution in [0.1, 0.15) is 72.4 Å². The number of halogens is 4. The van der Waals surface area contributed by atoms with Gasteiger partial charge in [-0.05, 0) is 77.4 Å². The minimum atomic E-state index is -4.71. The first-order chi connectivity index (χ1) is 15.8. The Balaban J connectivity index is 1.46. The molecule has 0 saturated heterocycles. The highest BCUT2D eigenvalue weighted by Crippen LogP contribution is 2.37. The van der Waals surface area contributed by atoms with Gasteiger partial charge in [-0.1, -0.05) is 68.7 Å². The molecule has 0 aromatic heterocycles. The zero-order chi connectivity index (χ0) is 23.4. The third-order valence-electron chi connectivity index (χ3n) is 6.14. The minimum absolute atomic E-state index is 0.216. The Morgan fingerprint density at radius 1 is 0.758 bits per heavy atom. The van der Waals surface area contributed by atoms with E-state index in [1.54, 1.807) is 0 Å². The Kier molecular flexibility index (Phi) is 6.88. The predicted octanol–water partition coefficient (Wildman–Crippen LogP) is 8.33. The van der Waals surface area contributed by atoms with Crippen LogP contribution < -0.4 is 0 Å². The van der Waals surface area contributed by atoms with Crippen LogP contribution in [-0.4, -0.2) is 0 Å². The van der Waals surface area contributed by atoms with Gasteiger partial charge in [-0.15, -0.1) is 0 Å². The molecule has 1 aliphatic carbocycles. The Morgan fingerprint density at radius 2 is 1.39 bits per heavy atom. The van der Waals surface area contributed by atoms with Crippen molar-refractivity contribution in [2.75, 3.05) is 0 Å². The monoisotopic (exact) mass is 450 g/mol. The second-order valence-corrected chi connectivity index (χ2v) is 8.65. The lowest BCUT2D eigenvalue weighted by atomic mass is 9.99. The molecule has 1 aliphatic rings. The summed E-state index contributed by atoms with van der Waals surface area (Å²) in [5.41, 5.74) is 6.05. The van der Waals surface area contributed by atoms with E-state index in [0.29, 0.717) is 0 Å². The van der Waals surface area contributed by atoms with Crippen LogP contribution in [0.3, 0.4) is 0 Å². The molecule has 0 spiro atoms. The van der Waals surface area contributed by atoms with E-state index in [0.717, 1.165) is 30.5 Å². The molecule has 3 aromatic rings. The molecule has 0 N–H and O–H groups in total. The van der Waals surface area contributed by atoms with Crippen LogP contribution in [0.5, 0.6) is 0 Å². The third-order valence-corrected chi connectivity index (χ3v) is 6.14. The first kappa shape index (κ1) is 23.1. The Hall–Kier alpha value is -3.06. The van der Waals surface area contributed by atoms with E-state index in [1.165, 1.54) is 66.0 Å². The van der Waals surface area contributed by atoms with Gasteiger partial charge in [0.05, 0.1) is 5.56 Å². The summed E-state index contributed by atoms with van der Waals surface area (Å²) in [6, 6.07) is 15.5. The average molecular weight is 451 g/mol. The number of unbranched alkanes of at least 4 members (excludes halogenated alkanes) is 4. The SMILES string of the molecule is CCCCCCCc1ccc2c(c1)Cc1cc(C#Cc3ccc(C(F)(F)F)c(F)c3)ccc1-2. The lowest BCUT2D eigenvalue weighted by molar-refractivity contribution is -0.140. The number of alkyl halides is 3. The summed E-state index contributed by atoms with van der Waals surface area (Å²) in [7, 11) is 0.